The van der Waals surface area contributed by atoms with Gasteiger partial charge in [-0.05, 0) is 40.0 Å². The fraction of sp³-hybridized carbons (Fsp3) is 0.214. The molecule has 0 aliphatic carbocycles. The van der Waals surface area contributed by atoms with Crippen LogP contribution in [0.3, 0.4) is 0 Å². The number of rotatable bonds is 5. The van der Waals surface area contributed by atoms with Gasteiger partial charge in [0, 0.05) is 31.0 Å². The molecule has 20 heavy (non-hydrogen) atoms. The lowest BCUT2D eigenvalue weighted by atomic mass is 10.1. The lowest BCUT2D eigenvalue weighted by Gasteiger charge is -2.14. The first-order valence-corrected chi connectivity index (χ1v) is 6.94. The van der Waals surface area contributed by atoms with E-state index in [1.807, 2.05) is 25.1 Å². The highest BCUT2D eigenvalue weighted by atomic mass is 79.9. The average Bonchev–Trinajstić information content (AvgIpc) is 2.46. The van der Waals surface area contributed by atoms with E-state index in [1.165, 1.54) is 6.07 Å². The summed E-state index contributed by atoms with van der Waals surface area (Å²) in [5, 5.41) is 14.2. The van der Waals surface area contributed by atoms with E-state index in [0.717, 1.165) is 11.1 Å². The highest BCUT2D eigenvalue weighted by Gasteiger charge is 2.15. The Kier molecular flexibility index (Phi) is 4.81. The van der Waals surface area contributed by atoms with Gasteiger partial charge in [-0.3, -0.25) is 15.1 Å². The van der Waals surface area contributed by atoms with Crippen LogP contribution >= 0.6 is 15.9 Å². The smallest absolute Gasteiger partial charge is 0.283 e. The molecule has 0 aliphatic heterocycles. The molecular weight excluding hydrogens is 322 g/mol. The van der Waals surface area contributed by atoms with E-state index in [1.54, 1.807) is 18.5 Å². The Hall–Kier alpha value is -1.79. The standard InChI is InChI=1S/C14H14BrN3O2/c1-10(11-5-3-7-16-8-11)17-9-12-4-2-6-13(14(12)15)18(19)20/h2-8,10,17H,9H2,1H3/t10-/m0/s1. The van der Waals surface area contributed by atoms with Gasteiger partial charge in [0.1, 0.15) is 0 Å². The first-order valence-electron chi connectivity index (χ1n) is 6.14. The molecule has 1 heterocycles. The third-order valence-corrected chi connectivity index (χ3v) is 3.95. The zero-order valence-electron chi connectivity index (χ0n) is 10.9. The summed E-state index contributed by atoms with van der Waals surface area (Å²) in [4.78, 5) is 14.6. The molecule has 0 saturated heterocycles. The average molecular weight is 336 g/mol. The summed E-state index contributed by atoms with van der Waals surface area (Å²) >= 11 is 3.29. The number of aromatic nitrogens is 1. The second kappa shape index (κ2) is 6.58. The highest BCUT2D eigenvalue weighted by molar-refractivity contribution is 9.10. The third kappa shape index (κ3) is 3.40. The molecule has 2 rings (SSSR count). The van der Waals surface area contributed by atoms with Crippen molar-refractivity contribution in [3.63, 3.8) is 0 Å². The first-order chi connectivity index (χ1) is 9.59. The molecule has 0 saturated carbocycles. The van der Waals surface area contributed by atoms with E-state index < -0.39 is 4.92 Å². The Morgan fingerprint density at radius 2 is 2.20 bits per heavy atom. The van der Waals surface area contributed by atoms with E-state index in [2.05, 4.69) is 26.2 Å². The lowest BCUT2D eigenvalue weighted by molar-refractivity contribution is -0.385. The van der Waals surface area contributed by atoms with E-state index in [-0.39, 0.29) is 11.7 Å². The molecule has 0 bridgehead atoms. The maximum atomic E-state index is 10.9. The summed E-state index contributed by atoms with van der Waals surface area (Å²) in [5.41, 5.74) is 2.02. The summed E-state index contributed by atoms with van der Waals surface area (Å²) in [6, 6.07) is 9.03. The van der Waals surface area contributed by atoms with Crippen LogP contribution in [0.1, 0.15) is 24.1 Å². The van der Waals surface area contributed by atoms with E-state index in [4.69, 9.17) is 0 Å². The topological polar surface area (TPSA) is 68.1 Å². The predicted octanol–water partition coefficient (Wildman–Crippen LogP) is 3.60. The van der Waals surface area contributed by atoms with Crippen molar-refractivity contribution in [3.8, 4) is 0 Å². The third-order valence-electron chi connectivity index (χ3n) is 3.04. The molecule has 0 radical (unpaired) electrons. The number of benzene rings is 1. The molecule has 1 atom stereocenters. The van der Waals surface area contributed by atoms with Gasteiger partial charge < -0.3 is 5.32 Å². The van der Waals surface area contributed by atoms with Crippen LogP contribution < -0.4 is 5.32 Å². The van der Waals surface area contributed by atoms with Gasteiger partial charge in [-0.1, -0.05) is 18.2 Å². The summed E-state index contributed by atoms with van der Waals surface area (Å²) in [7, 11) is 0. The summed E-state index contributed by atoms with van der Waals surface area (Å²) in [6.07, 6.45) is 3.54. The summed E-state index contributed by atoms with van der Waals surface area (Å²) < 4.78 is 0.524. The van der Waals surface area contributed by atoms with Crippen LogP contribution in [0.25, 0.3) is 0 Å². The van der Waals surface area contributed by atoms with Crippen molar-refractivity contribution >= 4 is 21.6 Å². The molecule has 2 aromatic rings. The molecule has 0 unspecified atom stereocenters. The highest BCUT2D eigenvalue weighted by Crippen LogP contribution is 2.28. The fourth-order valence-corrected chi connectivity index (χ4v) is 2.41. The normalized spacial score (nSPS) is 12.1. The van der Waals surface area contributed by atoms with E-state index >= 15 is 0 Å². The van der Waals surface area contributed by atoms with Crippen molar-refractivity contribution in [2.45, 2.75) is 19.5 Å². The Labute approximate surface area is 125 Å². The van der Waals surface area contributed by atoms with Crippen molar-refractivity contribution in [1.82, 2.24) is 10.3 Å². The number of nitrogens with one attached hydrogen (secondary N) is 1. The van der Waals surface area contributed by atoms with Gasteiger partial charge in [-0.2, -0.15) is 0 Å². The van der Waals surface area contributed by atoms with Gasteiger partial charge in [0.15, 0.2) is 0 Å². The monoisotopic (exact) mass is 335 g/mol. The molecule has 1 aromatic carbocycles. The molecule has 0 fully saturated rings. The molecule has 0 aliphatic rings. The van der Waals surface area contributed by atoms with Crippen LogP contribution in [0, 0.1) is 10.1 Å². The number of hydrogen-bond acceptors (Lipinski definition) is 4. The number of pyridine rings is 1. The van der Waals surface area contributed by atoms with Gasteiger partial charge in [-0.15, -0.1) is 0 Å². The van der Waals surface area contributed by atoms with Crippen LogP contribution in [0.2, 0.25) is 0 Å². The van der Waals surface area contributed by atoms with Crippen molar-refractivity contribution in [3.05, 3.63) is 68.4 Å². The lowest BCUT2D eigenvalue weighted by Crippen LogP contribution is -2.18. The summed E-state index contributed by atoms with van der Waals surface area (Å²) in [5.74, 6) is 0. The molecular formula is C14H14BrN3O2. The molecule has 0 spiro atoms. The maximum absolute atomic E-state index is 10.9. The maximum Gasteiger partial charge on any atom is 0.283 e. The Balaban J connectivity index is 2.08. The van der Waals surface area contributed by atoms with Crippen LogP contribution in [0.5, 0.6) is 0 Å². The van der Waals surface area contributed by atoms with E-state index in [9.17, 15) is 10.1 Å². The minimum Gasteiger partial charge on any atom is -0.306 e. The molecule has 1 aromatic heterocycles. The molecule has 6 heteroatoms. The van der Waals surface area contributed by atoms with Crippen molar-refractivity contribution in [2.24, 2.45) is 0 Å². The molecule has 1 N–H and O–H groups in total. The quantitative estimate of drug-likeness (QED) is 0.669. The van der Waals surface area contributed by atoms with Crippen LogP contribution in [0.15, 0.2) is 47.2 Å². The van der Waals surface area contributed by atoms with Crippen LogP contribution in [0.4, 0.5) is 5.69 Å². The Morgan fingerprint density at radius 3 is 2.85 bits per heavy atom. The first kappa shape index (κ1) is 14.6. The van der Waals surface area contributed by atoms with Gasteiger partial charge in [0.25, 0.3) is 5.69 Å². The van der Waals surface area contributed by atoms with Crippen molar-refractivity contribution in [2.75, 3.05) is 0 Å². The van der Waals surface area contributed by atoms with Gasteiger partial charge in [-0.25, -0.2) is 0 Å². The number of nitro benzene ring substituents is 1. The second-order valence-electron chi connectivity index (χ2n) is 4.40. The van der Waals surface area contributed by atoms with Crippen LogP contribution in [-0.2, 0) is 6.54 Å². The molecule has 104 valence electrons. The zero-order chi connectivity index (χ0) is 14.5. The number of nitro groups is 1. The predicted molar refractivity (Wildman–Crippen MR) is 80.3 cm³/mol. The largest absolute Gasteiger partial charge is 0.306 e. The van der Waals surface area contributed by atoms with Crippen LogP contribution in [-0.4, -0.2) is 9.91 Å². The van der Waals surface area contributed by atoms with Gasteiger partial charge >= 0.3 is 0 Å². The number of halogens is 1. The van der Waals surface area contributed by atoms with Gasteiger partial charge in [0.2, 0.25) is 0 Å². The van der Waals surface area contributed by atoms with Crippen molar-refractivity contribution in [1.29, 1.82) is 0 Å². The zero-order valence-corrected chi connectivity index (χ0v) is 12.5. The number of nitrogens with zero attached hydrogens (tertiary/aromatic N) is 2. The fourth-order valence-electron chi connectivity index (χ4n) is 1.86. The van der Waals surface area contributed by atoms with Crippen molar-refractivity contribution < 1.29 is 4.92 Å². The second-order valence-corrected chi connectivity index (χ2v) is 5.19. The SMILES string of the molecule is C[C@H](NCc1cccc([N+](=O)[O-])c1Br)c1cccnc1. The Morgan fingerprint density at radius 1 is 1.40 bits per heavy atom. The summed E-state index contributed by atoms with van der Waals surface area (Å²) in [6.45, 7) is 2.57. The minimum atomic E-state index is -0.391. The molecule has 0 amide bonds. The molecule has 5 nitrogen and oxygen atoms in total. The minimum absolute atomic E-state index is 0.0818. The van der Waals surface area contributed by atoms with Gasteiger partial charge in [0.05, 0.1) is 9.40 Å². The Bertz CT molecular complexity index is 605. The van der Waals surface area contributed by atoms with E-state index in [0.29, 0.717) is 11.0 Å². The number of hydrogen-bond donors (Lipinski definition) is 1.